The molecule has 0 atom stereocenters. The van der Waals surface area contributed by atoms with Crippen LogP contribution in [-0.4, -0.2) is 17.1 Å². The van der Waals surface area contributed by atoms with Crippen molar-refractivity contribution in [2.24, 2.45) is 5.73 Å². The number of rotatable bonds is 3. The molecular weight excluding hydrogens is 212 g/mol. The Morgan fingerprint density at radius 1 is 1.35 bits per heavy atom. The molecule has 0 bridgehead atoms. The summed E-state index contributed by atoms with van der Waals surface area (Å²) >= 11 is 0. The second-order valence-corrected chi connectivity index (χ2v) is 6.13. The van der Waals surface area contributed by atoms with E-state index in [0.717, 1.165) is 24.3 Å². The third kappa shape index (κ3) is 2.97. The van der Waals surface area contributed by atoms with Crippen molar-refractivity contribution in [3.63, 3.8) is 0 Å². The Hall–Kier alpha value is -1.09. The van der Waals surface area contributed by atoms with Crippen molar-refractivity contribution in [3.05, 3.63) is 24.0 Å². The monoisotopic (exact) mass is 234 g/mol. The zero-order valence-corrected chi connectivity index (χ0v) is 11.0. The van der Waals surface area contributed by atoms with Crippen LogP contribution in [0.3, 0.4) is 0 Å². The number of ether oxygens (including phenoxy) is 1. The summed E-state index contributed by atoms with van der Waals surface area (Å²) in [5.41, 5.74) is 7.17. The molecule has 0 spiro atoms. The highest BCUT2D eigenvalue weighted by Gasteiger charge is 2.33. The molecule has 0 aliphatic heterocycles. The van der Waals surface area contributed by atoms with E-state index >= 15 is 0 Å². The Bertz CT molecular complexity index is 374. The molecule has 0 radical (unpaired) electrons. The number of nitrogens with two attached hydrogens (primary N) is 1. The van der Waals surface area contributed by atoms with Crippen molar-refractivity contribution < 1.29 is 4.74 Å². The minimum atomic E-state index is -0.0945. The van der Waals surface area contributed by atoms with E-state index in [2.05, 4.69) is 25.8 Å². The van der Waals surface area contributed by atoms with Crippen molar-refractivity contribution >= 4 is 0 Å². The van der Waals surface area contributed by atoms with E-state index in [1.165, 1.54) is 6.42 Å². The molecule has 17 heavy (non-hydrogen) atoms. The minimum absolute atomic E-state index is 0.0849. The Morgan fingerprint density at radius 2 is 2.06 bits per heavy atom. The Labute approximate surface area is 103 Å². The summed E-state index contributed by atoms with van der Waals surface area (Å²) in [6.45, 7) is 7.06. The first-order chi connectivity index (χ1) is 7.89. The molecule has 1 aliphatic carbocycles. The van der Waals surface area contributed by atoms with Gasteiger partial charge in [-0.2, -0.15) is 0 Å². The molecule has 0 saturated heterocycles. The number of nitrogens with zero attached hydrogens (tertiary/aromatic N) is 1. The average molecular weight is 234 g/mol. The maximum atomic E-state index is 6.10. The van der Waals surface area contributed by atoms with Gasteiger partial charge in [0.05, 0.1) is 11.7 Å². The average Bonchev–Trinajstić information content (AvgIpc) is 2.23. The number of aromatic nitrogens is 1. The molecule has 0 unspecified atom stereocenters. The van der Waals surface area contributed by atoms with E-state index in [1.807, 2.05) is 12.1 Å². The standard InChI is InChI=1S/C14H22N2O/c1-13(2,3)12-6-5-11(9-16-12)17-10-14(15)7-4-8-14/h5-6,9H,4,7-8,10,15H2,1-3H3. The Balaban J connectivity index is 1.94. The number of hydrogen-bond donors (Lipinski definition) is 1. The first-order valence-electron chi connectivity index (χ1n) is 6.27. The smallest absolute Gasteiger partial charge is 0.137 e. The minimum Gasteiger partial charge on any atom is -0.490 e. The highest BCUT2D eigenvalue weighted by Crippen LogP contribution is 2.30. The summed E-state index contributed by atoms with van der Waals surface area (Å²) in [6, 6.07) is 4.01. The van der Waals surface area contributed by atoms with Crippen LogP contribution >= 0.6 is 0 Å². The lowest BCUT2D eigenvalue weighted by molar-refractivity contribution is 0.141. The molecule has 1 aromatic heterocycles. The third-order valence-electron chi connectivity index (χ3n) is 3.38. The van der Waals surface area contributed by atoms with Gasteiger partial charge in [-0.1, -0.05) is 20.8 Å². The van der Waals surface area contributed by atoms with Gasteiger partial charge in [-0.05, 0) is 31.4 Å². The van der Waals surface area contributed by atoms with Gasteiger partial charge < -0.3 is 10.5 Å². The van der Waals surface area contributed by atoms with Crippen LogP contribution in [0.1, 0.15) is 45.7 Å². The van der Waals surface area contributed by atoms with Gasteiger partial charge >= 0.3 is 0 Å². The molecule has 2 N–H and O–H groups in total. The van der Waals surface area contributed by atoms with E-state index in [9.17, 15) is 0 Å². The largest absolute Gasteiger partial charge is 0.490 e. The molecule has 1 heterocycles. The predicted molar refractivity (Wildman–Crippen MR) is 69.2 cm³/mol. The van der Waals surface area contributed by atoms with E-state index in [-0.39, 0.29) is 11.0 Å². The van der Waals surface area contributed by atoms with Crippen LogP contribution in [0.15, 0.2) is 18.3 Å². The molecule has 94 valence electrons. The lowest BCUT2D eigenvalue weighted by Crippen LogP contribution is -2.51. The molecule has 1 saturated carbocycles. The Morgan fingerprint density at radius 3 is 2.47 bits per heavy atom. The van der Waals surface area contributed by atoms with Gasteiger partial charge in [-0.15, -0.1) is 0 Å². The summed E-state index contributed by atoms with van der Waals surface area (Å²) in [7, 11) is 0. The summed E-state index contributed by atoms with van der Waals surface area (Å²) in [6.07, 6.45) is 5.16. The molecular formula is C14H22N2O. The molecule has 2 rings (SSSR count). The van der Waals surface area contributed by atoms with Crippen molar-refractivity contribution in [1.29, 1.82) is 0 Å². The van der Waals surface area contributed by atoms with E-state index in [0.29, 0.717) is 6.61 Å². The molecule has 0 amide bonds. The number of hydrogen-bond acceptors (Lipinski definition) is 3. The van der Waals surface area contributed by atoms with Gasteiger partial charge in [-0.25, -0.2) is 0 Å². The summed E-state index contributed by atoms with van der Waals surface area (Å²) in [5, 5.41) is 0. The van der Waals surface area contributed by atoms with Crippen LogP contribution in [0.2, 0.25) is 0 Å². The quantitative estimate of drug-likeness (QED) is 0.874. The van der Waals surface area contributed by atoms with Gasteiger partial charge in [0, 0.05) is 11.1 Å². The van der Waals surface area contributed by atoms with Crippen LogP contribution in [0.4, 0.5) is 0 Å². The maximum absolute atomic E-state index is 6.10. The highest BCUT2D eigenvalue weighted by atomic mass is 16.5. The van der Waals surface area contributed by atoms with Gasteiger partial charge in [0.2, 0.25) is 0 Å². The van der Waals surface area contributed by atoms with Crippen molar-refractivity contribution in [2.45, 2.75) is 51.0 Å². The van der Waals surface area contributed by atoms with Crippen LogP contribution in [0.5, 0.6) is 5.75 Å². The fraction of sp³-hybridized carbons (Fsp3) is 0.643. The molecule has 1 aliphatic rings. The van der Waals surface area contributed by atoms with E-state index in [1.54, 1.807) is 6.20 Å². The lowest BCUT2D eigenvalue weighted by atomic mass is 9.78. The summed E-state index contributed by atoms with van der Waals surface area (Å²) in [5.74, 6) is 0.815. The molecule has 3 heteroatoms. The van der Waals surface area contributed by atoms with Crippen LogP contribution in [0.25, 0.3) is 0 Å². The third-order valence-corrected chi connectivity index (χ3v) is 3.38. The predicted octanol–water partition coefficient (Wildman–Crippen LogP) is 2.64. The van der Waals surface area contributed by atoms with Gasteiger partial charge in [0.15, 0.2) is 0 Å². The fourth-order valence-corrected chi connectivity index (χ4v) is 1.91. The topological polar surface area (TPSA) is 48.1 Å². The molecule has 1 aromatic rings. The summed E-state index contributed by atoms with van der Waals surface area (Å²) < 4.78 is 5.69. The van der Waals surface area contributed by atoms with Crippen LogP contribution in [-0.2, 0) is 5.41 Å². The normalized spacial score (nSPS) is 18.6. The Kier molecular flexibility index (Phi) is 3.13. The molecule has 0 aromatic carbocycles. The summed E-state index contributed by atoms with van der Waals surface area (Å²) in [4.78, 5) is 4.43. The van der Waals surface area contributed by atoms with E-state index in [4.69, 9.17) is 10.5 Å². The first-order valence-corrected chi connectivity index (χ1v) is 6.27. The van der Waals surface area contributed by atoms with Crippen molar-refractivity contribution in [1.82, 2.24) is 4.98 Å². The second-order valence-electron chi connectivity index (χ2n) is 6.13. The second kappa shape index (κ2) is 4.30. The number of pyridine rings is 1. The highest BCUT2D eigenvalue weighted by molar-refractivity contribution is 5.23. The zero-order valence-electron chi connectivity index (χ0n) is 11.0. The fourth-order valence-electron chi connectivity index (χ4n) is 1.91. The van der Waals surface area contributed by atoms with Gasteiger partial charge in [-0.3, -0.25) is 4.98 Å². The van der Waals surface area contributed by atoms with Crippen molar-refractivity contribution in [3.8, 4) is 5.75 Å². The molecule has 3 nitrogen and oxygen atoms in total. The lowest BCUT2D eigenvalue weighted by Gasteiger charge is -2.37. The maximum Gasteiger partial charge on any atom is 0.137 e. The first kappa shape index (κ1) is 12.4. The van der Waals surface area contributed by atoms with Gasteiger partial charge in [0.25, 0.3) is 0 Å². The molecule has 1 fully saturated rings. The van der Waals surface area contributed by atoms with Crippen LogP contribution in [0, 0.1) is 0 Å². The van der Waals surface area contributed by atoms with E-state index < -0.39 is 0 Å². The van der Waals surface area contributed by atoms with Crippen LogP contribution < -0.4 is 10.5 Å². The SMILES string of the molecule is CC(C)(C)c1ccc(OCC2(N)CCC2)cn1. The van der Waals surface area contributed by atoms with Crippen molar-refractivity contribution in [2.75, 3.05) is 6.61 Å². The zero-order chi connectivity index (χ0) is 12.5. The van der Waals surface area contributed by atoms with Gasteiger partial charge in [0.1, 0.15) is 12.4 Å².